The third-order valence-electron chi connectivity index (χ3n) is 5.75. The van der Waals surface area contributed by atoms with Crippen LogP contribution in [-0.2, 0) is 36.2 Å². The molecule has 0 unspecified atom stereocenters. The van der Waals surface area contributed by atoms with Gasteiger partial charge in [-0.3, -0.25) is 9.88 Å². The van der Waals surface area contributed by atoms with Crippen LogP contribution in [0.5, 0.6) is 0 Å². The smallest absolute Gasteiger partial charge is 0.420 e. The van der Waals surface area contributed by atoms with E-state index >= 15 is 0 Å². The Bertz CT molecular complexity index is 1200. The Morgan fingerprint density at radius 1 is 0.923 bits per heavy atom. The van der Waals surface area contributed by atoms with Crippen LogP contribution in [0.15, 0.2) is 18.2 Å². The molecule has 0 aliphatic carbocycles. The molecule has 216 valence electrons. The highest BCUT2D eigenvalue weighted by Crippen LogP contribution is 2.45. The van der Waals surface area contributed by atoms with Gasteiger partial charge >= 0.3 is 24.6 Å². The molecule has 0 bridgehead atoms. The number of carbonyl (C=O) groups is 1. The highest BCUT2D eigenvalue weighted by atomic mass is 19.4. The lowest BCUT2D eigenvalue weighted by Gasteiger charge is -2.30. The van der Waals surface area contributed by atoms with Crippen LogP contribution in [-0.4, -0.2) is 23.2 Å². The van der Waals surface area contributed by atoms with Gasteiger partial charge in [-0.15, -0.1) is 0 Å². The maximum absolute atomic E-state index is 14.2. The van der Waals surface area contributed by atoms with Crippen molar-refractivity contribution in [3.63, 3.8) is 0 Å². The van der Waals surface area contributed by atoms with Gasteiger partial charge in [0.25, 0.3) is 0 Å². The Hall–Kier alpha value is -3.19. The summed E-state index contributed by atoms with van der Waals surface area (Å²) < 4.78 is 128. The molecular weight excluding hydrogens is 545 g/mol. The molecule has 0 atom stereocenters. The molecule has 0 spiro atoms. The Morgan fingerprint density at radius 2 is 1.49 bits per heavy atom. The number of pyridine rings is 1. The Balaban J connectivity index is 2.19. The van der Waals surface area contributed by atoms with Crippen molar-refractivity contribution in [2.45, 2.75) is 77.6 Å². The van der Waals surface area contributed by atoms with E-state index < -0.39 is 70.4 Å². The topological polar surface area (TPSA) is 54.5 Å². The van der Waals surface area contributed by atoms with E-state index in [2.05, 4.69) is 10.3 Å². The molecule has 1 aliphatic rings. The second-order valence-corrected chi connectivity index (χ2v) is 10.1. The van der Waals surface area contributed by atoms with Gasteiger partial charge in [0.1, 0.15) is 11.2 Å². The van der Waals surface area contributed by atoms with Crippen molar-refractivity contribution in [1.82, 2.24) is 4.98 Å². The molecule has 1 aliphatic heterocycles. The quantitative estimate of drug-likeness (QED) is 0.378. The molecule has 1 N–H and O–H groups in total. The van der Waals surface area contributed by atoms with Crippen molar-refractivity contribution in [1.29, 1.82) is 0 Å². The number of nitrogens with zero attached hydrogens (tertiary/aromatic N) is 2. The number of fused-ring (bicyclic) bond motifs is 1. The zero-order valence-electron chi connectivity index (χ0n) is 21.4. The normalized spacial score (nSPS) is 15.1. The van der Waals surface area contributed by atoms with Gasteiger partial charge in [0.15, 0.2) is 0 Å². The number of anilines is 2. The zero-order valence-corrected chi connectivity index (χ0v) is 21.4. The first-order chi connectivity index (χ1) is 17.7. The number of carbonyl (C=O) groups excluding carboxylic acids is 1. The number of amides is 1. The molecule has 0 fully saturated rings. The fourth-order valence-electron chi connectivity index (χ4n) is 4.22. The number of benzene rings is 1. The summed E-state index contributed by atoms with van der Waals surface area (Å²) in [5.41, 5.74) is -7.37. The molecule has 3 rings (SSSR count). The van der Waals surface area contributed by atoms with Crippen molar-refractivity contribution in [3.05, 3.63) is 51.8 Å². The van der Waals surface area contributed by atoms with Gasteiger partial charge in [-0.2, -0.15) is 39.5 Å². The molecule has 1 amide bonds. The summed E-state index contributed by atoms with van der Waals surface area (Å²) in [5, 5.41) is 2.39. The fraction of sp³-hybridized carbons (Fsp3) is 0.520. The highest BCUT2D eigenvalue weighted by Gasteiger charge is 2.41. The number of rotatable bonds is 3. The highest BCUT2D eigenvalue weighted by molar-refractivity contribution is 5.94. The van der Waals surface area contributed by atoms with Crippen LogP contribution < -0.4 is 10.2 Å². The van der Waals surface area contributed by atoms with E-state index in [4.69, 9.17) is 4.74 Å². The van der Waals surface area contributed by atoms with E-state index in [1.807, 2.05) is 0 Å². The first-order valence-corrected chi connectivity index (χ1v) is 11.8. The number of nitrogens with one attached hydrogen (secondary N) is 1. The molecule has 14 heteroatoms. The van der Waals surface area contributed by atoms with Crippen LogP contribution in [0.4, 0.5) is 55.7 Å². The number of halogens is 9. The summed E-state index contributed by atoms with van der Waals surface area (Å²) in [6.45, 7) is 4.88. The maximum atomic E-state index is 14.2. The Morgan fingerprint density at radius 3 is 1.97 bits per heavy atom. The van der Waals surface area contributed by atoms with Crippen LogP contribution in [0, 0.1) is 6.92 Å². The molecule has 2 aromatic rings. The van der Waals surface area contributed by atoms with Gasteiger partial charge in [0.05, 0.1) is 33.9 Å². The van der Waals surface area contributed by atoms with Crippen molar-refractivity contribution in [2.24, 2.45) is 0 Å². The van der Waals surface area contributed by atoms with Crippen LogP contribution in [0.3, 0.4) is 0 Å². The third kappa shape index (κ3) is 7.27. The minimum Gasteiger partial charge on any atom is -0.443 e. The first kappa shape index (κ1) is 30.4. The van der Waals surface area contributed by atoms with Gasteiger partial charge in [-0.05, 0) is 70.7 Å². The molecule has 2 heterocycles. The van der Waals surface area contributed by atoms with Crippen molar-refractivity contribution in [3.8, 4) is 0 Å². The Labute approximate surface area is 218 Å². The second-order valence-electron chi connectivity index (χ2n) is 10.1. The summed E-state index contributed by atoms with van der Waals surface area (Å²) >= 11 is 0. The number of alkyl halides is 9. The van der Waals surface area contributed by atoms with E-state index in [-0.39, 0.29) is 30.4 Å². The van der Waals surface area contributed by atoms with Crippen molar-refractivity contribution < 1.29 is 49.0 Å². The fourth-order valence-corrected chi connectivity index (χ4v) is 4.22. The van der Waals surface area contributed by atoms with Crippen LogP contribution in [0.1, 0.15) is 67.3 Å². The van der Waals surface area contributed by atoms with Gasteiger partial charge in [-0.25, -0.2) is 4.79 Å². The third-order valence-corrected chi connectivity index (χ3v) is 5.75. The molecule has 1 aromatic carbocycles. The molecule has 1 aromatic heterocycles. The molecule has 5 nitrogen and oxygen atoms in total. The van der Waals surface area contributed by atoms with Crippen LogP contribution >= 0.6 is 0 Å². The lowest BCUT2D eigenvalue weighted by molar-refractivity contribution is -0.143. The van der Waals surface area contributed by atoms with Crippen LogP contribution in [0.25, 0.3) is 0 Å². The number of aromatic nitrogens is 1. The average molecular weight is 571 g/mol. The van der Waals surface area contributed by atoms with E-state index in [1.54, 1.807) is 20.8 Å². The first-order valence-electron chi connectivity index (χ1n) is 11.8. The number of aryl methyl sites for hydroxylation is 2. The standard InChI is InChI=1S/C25H26F9N3O2/c1-13-18(25(32,33)34)19(20-17(36-13)7-5-6-8-37(20)21(38)39-22(2,3)4)35-12-14-9-15(23(26,27)28)11-16(10-14)24(29,30)31/h9-11H,5-8,12H2,1-4H3,(H,35,36). The Kier molecular flexibility index (Phi) is 8.11. The largest absolute Gasteiger partial charge is 0.443 e. The maximum Gasteiger partial charge on any atom is 0.420 e. The molecular formula is C25H26F9N3O2. The predicted octanol–water partition coefficient (Wildman–Crippen LogP) is 8.14. The minimum absolute atomic E-state index is 0.0413. The zero-order chi connectivity index (χ0) is 29.6. The van der Waals surface area contributed by atoms with Crippen LogP contribution in [0.2, 0.25) is 0 Å². The molecule has 0 radical (unpaired) electrons. The lowest BCUT2D eigenvalue weighted by atomic mass is 10.0. The SMILES string of the molecule is Cc1nc2c(c(NCc3cc(C(F)(F)F)cc(C(F)(F)F)c3)c1C(F)(F)F)N(C(=O)OC(C)(C)C)CCCC2. The summed E-state index contributed by atoms with van der Waals surface area (Å²) in [4.78, 5) is 18.1. The van der Waals surface area contributed by atoms with Gasteiger partial charge in [0.2, 0.25) is 0 Å². The van der Waals surface area contributed by atoms with Gasteiger partial charge in [0, 0.05) is 13.1 Å². The number of hydrogen-bond acceptors (Lipinski definition) is 4. The van der Waals surface area contributed by atoms with Crippen molar-refractivity contribution >= 4 is 17.5 Å². The van der Waals surface area contributed by atoms with Gasteiger partial charge in [-0.1, -0.05) is 0 Å². The average Bonchev–Trinajstić information content (AvgIpc) is 2.96. The van der Waals surface area contributed by atoms with Gasteiger partial charge < -0.3 is 10.1 Å². The lowest BCUT2D eigenvalue weighted by Crippen LogP contribution is -2.38. The second kappa shape index (κ2) is 10.4. The minimum atomic E-state index is -5.13. The van der Waals surface area contributed by atoms with E-state index in [0.717, 1.165) is 11.8 Å². The monoisotopic (exact) mass is 571 g/mol. The summed E-state index contributed by atoms with van der Waals surface area (Å²) in [5.74, 6) is 0. The molecule has 0 saturated heterocycles. The number of ether oxygens (including phenoxy) is 1. The summed E-state index contributed by atoms with van der Waals surface area (Å²) in [7, 11) is 0. The van der Waals surface area contributed by atoms with E-state index in [0.29, 0.717) is 25.0 Å². The van der Waals surface area contributed by atoms with E-state index in [9.17, 15) is 44.3 Å². The van der Waals surface area contributed by atoms with Crippen molar-refractivity contribution in [2.75, 3.05) is 16.8 Å². The molecule has 0 saturated carbocycles. The predicted molar refractivity (Wildman–Crippen MR) is 124 cm³/mol. The van der Waals surface area contributed by atoms with E-state index in [1.165, 1.54) is 0 Å². The molecule has 39 heavy (non-hydrogen) atoms. The summed E-state index contributed by atoms with van der Waals surface area (Å²) in [6, 6.07) is 0.777. The summed E-state index contributed by atoms with van der Waals surface area (Å²) in [6.07, 6.45) is -15.2. The number of hydrogen-bond donors (Lipinski definition) is 1.